The largest absolute Gasteiger partial charge is 0.465 e. The number of carbonyl (C=O) groups is 2. The van der Waals surface area contributed by atoms with Gasteiger partial charge in [-0.3, -0.25) is 4.98 Å². The van der Waals surface area contributed by atoms with Crippen molar-refractivity contribution in [3.63, 3.8) is 0 Å². The van der Waals surface area contributed by atoms with Gasteiger partial charge in [0.05, 0.1) is 30.4 Å². The highest BCUT2D eigenvalue weighted by molar-refractivity contribution is 9.10. The summed E-state index contributed by atoms with van der Waals surface area (Å²) in [7, 11) is 1.31. The molecular weight excluding hydrogens is 326 g/mol. The fraction of sp³-hybridized carbons (Fsp3) is 0.214. The smallest absolute Gasteiger partial charge is 0.340 e. The van der Waals surface area contributed by atoms with Gasteiger partial charge in [0, 0.05) is 16.1 Å². The average molecular weight is 338 g/mol. The van der Waals surface area contributed by atoms with Crippen molar-refractivity contribution in [1.29, 1.82) is 0 Å². The summed E-state index contributed by atoms with van der Waals surface area (Å²) in [6.45, 7) is 2.02. The lowest BCUT2D eigenvalue weighted by Gasteiger charge is -2.08. The summed E-state index contributed by atoms with van der Waals surface area (Å²) in [6, 6.07) is 4.94. The van der Waals surface area contributed by atoms with Gasteiger partial charge in [0.1, 0.15) is 0 Å². The van der Waals surface area contributed by atoms with E-state index in [1.54, 1.807) is 25.1 Å². The number of hydrogen-bond acceptors (Lipinski definition) is 5. The van der Waals surface area contributed by atoms with Crippen LogP contribution in [0.1, 0.15) is 27.6 Å². The highest BCUT2D eigenvalue weighted by atomic mass is 79.9. The molecule has 5 nitrogen and oxygen atoms in total. The molecule has 0 N–H and O–H groups in total. The van der Waals surface area contributed by atoms with E-state index in [1.807, 2.05) is 0 Å². The van der Waals surface area contributed by atoms with Gasteiger partial charge in [-0.25, -0.2) is 9.59 Å². The third kappa shape index (κ3) is 2.65. The molecule has 0 fully saturated rings. The van der Waals surface area contributed by atoms with Gasteiger partial charge in [0.25, 0.3) is 0 Å². The fourth-order valence-electron chi connectivity index (χ4n) is 1.76. The molecule has 0 atom stereocenters. The summed E-state index contributed by atoms with van der Waals surface area (Å²) in [4.78, 5) is 27.5. The molecule has 0 aliphatic rings. The van der Waals surface area contributed by atoms with Gasteiger partial charge in [-0.15, -0.1) is 0 Å². The highest BCUT2D eigenvalue weighted by Crippen LogP contribution is 2.27. The minimum absolute atomic E-state index is 0.283. The predicted molar refractivity (Wildman–Crippen MR) is 76.7 cm³/mol. The summed E-state index contributed by atoms with van der Waals surface area (Å²) >= 11 is 3.36. The van der Waals surface area contributed by atoms with Gasteiger partial charge in [-0.05, 0) is 41.1 Å². The zero-order valence-corrected chi connectivity index (χ0v) is 12.6. The SMILES string of the molecule is CCOC(=O)c1cnc2ccc(C(=O)OC)cc2c1Br. The lowest BCUT2D eigenvalue weighted by molar-refractivity contribution is 0.0524. The lowest BCUT2D eigenvalue weighted by Crippen LogP contribution is -2.07. The molecule has 0 aliphatic carbocycles. The van der Waals surface area contributed by atoms with Crippen molar-refractivity contribution in [3.05, 3.63) is 40.0 Å². The number of carbonyl (C=O) groups excluding carboxylic acids is 2. The van der Waals surface area contributed by atoms with Crippen LogP contribution in [0.2, 0.25) is 0 Å². The van der Waals surface area contributed by atoms with Crippen LogP contribution in [0.4, 0.5) is 0 Å². The van der Waals surface area contributed by atoms with Crippen molar-refractivity contribution < 1.29 is 19.1 Å². The summed E-state index contributed by atoms with van der Waals surface area (Å²) in [5.41, 5.74) is 1.38. The first-order valence-corrected chi connectivity index (χ1v) is 6.71. The van der Waals surface area contributed by atoms with Crippen molar-refractivity contribution in [1.82, 2.24) is 4.98 Å². The van der Waals surface area contributed by atoms with Crippen molar-refractivity contribution in [2.45, 2.75) is 6.92 Å². The lowest BCUT2D eigenvalue weighted by atomic mass is 10.1. The first kappa shape index (κ1) is 14.5. The first-order chi connectivity index (χ1) is 9.58. The molecule has 0 aliphatic heterocycles. The first-order valence-electron chi connectivity index (χ1n) is 5.92. The molecule has 0 radical (unpaired) electrons. The average Bonchev–Trinajstić information content (AvgIpc) is 2.46. The molecular formula is C14H12BrNO4. The van der Waals surface area contributed by atoms with Crippen LogP contribution in [0.3, 0.4) is 0 Å². The molecule has 0 amide bonds. The number of aromatic nitrogens is 1. The van der Waals surface area contributed by atoms with Crippen LogP contribution in [-0.4, -0.2) is 30.6 Å². The quantitative estimate of drug-likeness (QED) is 0.805. The number of esters is 2. The monoisotopic (exact) mass is 337 g/mol. The van der Waals surface area contributed by atoms with Gasteiger partial charge in [-0.1, -0.05) is 0 Å². The second kappa shape index (κ2) is 6.00. The van der Waals surface area contributed by atoms with Crippen molar-refractivity contribution in [3.8, 4) is 0 Å². The van der Waals surface area contributed by atoms with E-state index in [4.69, 9.17) is 4.74 Å². The van der Waals surface area contributed by atoms with Crippen LogP contribution in [-0.2, 0) is 9.47 Å². The Morgan fingerprint density at radius 2 is 2.05 bits per heavy atom. The molecule has 1 heterocycles. The Kier molecular flexibility index (Phi) is 4.34. The third-order valence-corrected chi connectivity index (χ3v) is 3.57. The van der Waals surface area contributed by atoms with E-state index in [0.717, 1.165) is 0 Å². The second-order valence-electron chi connectivity index (χ2n) is 3.93. The Hall–Kier alpha value is -1.95. The van der Waals surface area contributed by atoms with Crippen LogP contribution in [0.25, 0.3) is 10.9 Å². The van der Waals surface area contributed by atoms with Crippen LogP contribution < -0.4 is 0 Å². The van der Waals surface area contributed by atoms with Crippen LogP contribution in [0, 0.1) is 0 Å². The summed E-state index contributed by atoms with van der Waals surface area (Å²) < 4.78 is 10.2. The second-order valence-corrected chi connectivity index (χ2v) is 4.72. The number of fused-ring (bicyclic) bond motifs is 1. The maximum absolute atomic E-state index is 11.8. The van der Waals surface area contributed by atoms with Gasteiger partial charge in [0.15, 0.2) is 0 Å². The Morgan fingerprint density at radius 1 is 1.30 bits per heavy atom. The van der Waals surface area contributed by atoms with Crippen LogP contribution in [0.5, 0.6) is 0 Å². The minimum Gasteiger partial charge on any atom is -0.465 e. The number of benzene rings is 1. The zero-order chi connectivity index (χ0) is 14.7. The Labute approximate surface area is 124 Å². The molecule has 2 rings (SSSR count). The molecule has 2 aromatic rings. The number of rotatable bonds is 3. The standard InChI is InChI=1S/C14H12BrNO4/c1-3-20-14(18)10-7-16-11-5-4-8(13(17)19-2)6-9(11)12(10)15/h4-7H,3H2,1-2H3. The molecule has 0 bridgehead atoms. The van der Waals surface area contributed by atoms with Crippen LogP contribution in [0.15, 0.2) is 28.9 Å². The molecule has 0 spiro atoms. The minimum atomic E-state index is -0.461. The maximum Gasteiger partial charge on any atom is 0.340 e. The summed E-state index contributed by atoms with van der Waals surface area (Å²) in [5.74, 6) is -0.905. The number of methoxy groups -OCH3 is 1. The van der Waals surface area contributed by atoms with E-state index >= 15 is 0 Å². The van der Waals surface area contributed by atoms with E-state index in [9.17, 15) is 9.59 Å². The van der Waals surface area contributed by atoms with E-state index < -0.39 is 11.9 Å². The van der Waals surface area contributed by atoms with Gasteiger partial charge in [0.2, 0.25) is 0 Å². The predicted octanol–water partition coefficient (Wildman–Crippen LogP) is 2.96. The molecule has 0 saturated heterocycles. The molecule has 20 heavy (non-hydrogen) atoms. The maximum atomic E-state index is 11.8. The van der Waals surface area contributed by atoms with Gasteiger partial charge < -0.3 is 9.47 Å². The van der Waals surface area contributed by atoms with E-state index in [1.165, 1.54) is 13.3 Å². The molecule has 6 heteroatoms. The molecule has 0 unspecified atom stereocenters. The Morgan fingerprint density at radius 3 is 2.70 bits per heavy atom. The Bertz CT molecular complexity index is 684. The van der Waals surface area contributed by atoms with Crippen molar-refractivity contribution in [2.75, 3.05) is 13.7 Å². The number of nitrogens with zero attached hydrogens (tertiary/aromatic N) is 1. The molecule has 1 aromatic heterocycles. The van der Waals surface area contributed by atoms with Crippen molar-refractivity contribution >= 4 is 38.8 Å². The normalized spacial score (nSPS) is 10.3. The van der Waals surface area contributed by atoms with E-state index in [0.29, 0.717) is 26.5 Å². The van der Waals surface area contributed by atoms with Crippen LogP contribution >= 0.6 is 15.9 Å². The molecule has 104 valence electrons. The van der Waals surface area contributed by atoms with Gasteiger partial charge >= 0.3 is 11.9 Å². The number of pyridine rings is 1. The zero-order valence-electron chi connectivity index (χ0n) is 11.0. The van der Waals surface area contributed by atoms with Crippen molar-refractivity contribution in [2.24, 2.45) is 0 Å². The number of ether oxygens (including phenoxy) is 2. The Balaban J connectivity index is 2.58. The number of hydrogen-bond donors (Lipinski definition) is 0. The molecule has 0 saturated carbocycles. The summed E-state index contributed by atoms with van der Waals surface area (Å²) in [6.07, 6.45) is 1.45. The number of halogens is 1. The highest BCUT2D eigenvalue weighted by Gasteiger charge is 2.16. The summed E-state index contributed by atoms with van der Waals surface area (Å²) in [5, 5.41) is 0.651. The fourth-order valence-corrected chi connectivity index (χ4v) is 2.34. The third-order valence-electron chi connectivity index (χ3n) is 2.72. The van der Waals surface area contributed by atoms with Gasteiger partial charge in [-0.2, -0.15) is 0 Å². The topological polar surface area (TPSA) is 65.5 Å². The molecule has 1 aromatic carbocycles. The van der Waals surface area contributed by atoms with E-state index in [-0.39, 0.29) is 6.61 Å². The van der Waals surface area contributed by atoms with E-state index in [2.05, 4.69) is 25.7 Å².